The molecule has 0 bridgehead atoms. The lowest BCUT2D eigenvalue weighted by molar-refractivity contribution is 0.432. The van der Waals surface area contributed by atoms with Crippen molar-refractivity contribution in [1.82, 2.24) is 25.1 Å². The van der Waals surface area contributed by atoms with Gasteiger partial charge >= 0.3 is 0 Å². The lowest BCUT2D eigenvalue weighted by atomic mass is 10.1. The van der Waals surface area contributed by atoms with Crippen LogP contribution in [0.2, 0.25) is 0 Å². The van der Waals surface area contributed by atoms with Gasteiger partial charge in [0.2, 0.25) is 5.82 Å². The van der Waals surface area contributed by atoms with Crippen LogP contribution in [0.15, 0.2) is 65.7 Å². The molecule has 6 heteroatoms. The van der Waals surface area contributed by atoms with E-state index in [4.69, 9.17) is 4.52 Å². The van der Waals surface area contributed by atoms with Crippen LogP contribution < -0.4 is 0 Å². The van der Waals surface area contributed by atoms with Gasteiger partial charge in [-0.15, -0.1) is 0 Å². The molecular formula is C16H11N5O. The van der Waals surface area contributed by atoms with Crippen molar-refractivity contribution < 1.29 is 4.52 Å². The average molecular weight is 289 g/mol. The highest BCUT2D eigenvalue weighted by atomic mass is 16.5. The van der Waals surface area contributed by atoms with Crippen molar-refractivity contribution in [2.45, 2.75) is 0 Å². The van der Waals surface area contributed by atoms with Crippen LogP contribution in [0.3, 0.4) is 0 Å². The highest BCUT2D eigenvalue weighted by Crippen LogP contribution is 2.30. The third kappa shape index (κ3) is 2.16. The van der Waals surface area contributed by atoms with Crippen molar-refractivity contribution >= 4 is 0 Å². The molecule has 106 valence electrons. The summed E-state index contributed by atoms with van der Waals surface area (Å²) in [4.78, 5) is 15.8. The van der Waals surface area contributed by atoms with Crippen molar-refractivity contribution in [3.8, 4) is 34.2 Å². The largest absolute Gasteiger partial charge is 0.345 e. The maximum absolute atomic E-state index is 5.42. The van der Waals surface area contributed by atoms with Crippen molar-refractivity contribution in [2.24, 2.45) is 0 Å². The second-order valence-electron chi connectivity index (χ2n) is 4.64. The van der Waals surface area contributed by atoms with Crippen LogP contribution >= 0.6 is 0 Å². The summed E-state index contributed by atoms with van der Waals surface area (Å²) in [6.45, 7) is 0. The number of aromatic nitrogens is 5. The van der Waals surface area contributed by atoms with E-state index in [1.54, 1.807) is 24.8 Å². The first-order valence-electron chi connectivity index (χ1n) is 6.75. The molecule has 0 spiro atoms. The molecule has 6 nitrogen and oxygen atoms in total. The number of nitrogens with zero attached hydrogens (tertiary/aromatic N) is 4. The first kappa shape index (κ1) is 12.5. The number of rotatable bonds is 3. The van der Waals surface area contributed by atoms with Crippen molar-refractivity contribution in [2.75, 3.05) is 0 Å². The predicted octanol–water partition coefficient (Wildman–Crippen LogP) is 3.19. The zero-order chi connectivity index (χ0) is 14.8. The highest BCUT2D eigenvalue weighted by molar-refractivity contribution is 5.76. The molecule has 0 aliphatic rings. The third-order valence-corrected chi connectivity index (χ3v) is 3.28. The van der Waals surface area contributed by atoms with Gasteiger partial charge in [-0.05, 0) is 18.2 Å². The minimum atomic E-state index is 0.457. The van der Waals surface area contributed by atoms with E-state index >= 15 is 0 Å². The van der Waals surface area contributed by atoms with Gasteiger partial charge in [0.1, 0.15) is 5.82 Å². The molecule has 0 unspecified atom stereocenters. The van der Waals surface area contributed by atoms with E-state index < -0.39 is 0 Å². The predicted molar refractivity (Wildman–Crippen MR) is 80.5 cm³/mol. The molecule has 4 rings (SSSR count). The topological polar surface area (TPSA) is 80.5 Å². The standard InChI is InChI=1S/C16H11N5O/c1-2-4-13(12(3-1)15-18-9-10-19-15)16-20-14(21-22-16)11-5-7-17-8-6-11/h1-10H,(H,18,19). The molecule has 0 saturated carbocycles. The molecule has 0 saturated heterocycles. The molecule has 0 radical (unpaired) electrons. The Morgan fingerprint density at radius 2 is 1.73 bits per heavy atom. The fraction of sp³-hybridized carbons (Fsp3) is 0. The van der Waals surface area contributed by atoms with Crippen LogP contribution in [0.5, 0.6) is 0 Å². The number of hydrogen-bond acceptors (Lipinski definition) is 5. The Morgan fingerprint density at radius 3 is 2.50 bits per heavy atom. The summed E-state index contributed by atoms with van der Waals surface area (Å²) in [5.41, 5.74) is 2.61. The molecule has 0 fully saturated rings. The normalized spacial score (nSPS) is 10.7. The second kappa shape index (κ2) is 5.25. The number of aromatic amines is 1. The maximum Gasteiger partial charge on any atom is 0.258 e. The average Bonchev–Trinajstić information content (AvgIpc) is 3.28. The highest BCUT2D eigenvalue weighted by Gasteiger charge is 2.15. The molecule has 4 aromatic rings. The van der Waals surface area contributed by atoms with Crippen molar-refractivity contribution in [3.63, 3.8) is 0 Å². The summed E-state index contributed by atoms with van der Waals surface area (Å²) in [5, 5.41) is 4.04. The van der Waals surface area contributed by atoms with Crippen LogP contribution in [0.4, 0.5) is 0 Å². The summed E-state index contributed by atoms with van der Waals surface area (Å²) < 4.78 is 5.42. The van der Waals surface area contributed by atoms with Crippen LogP contribution in [-0.2, 0) is 0 Å². The Morgan fingerprint density at radius 1 is 0.909 bits per heavy atom. The number of H-pyrrole nitrogens is 1. The van der Waals surface area contributed by atoms with Crippen LogP contribution in [0, 0.1) is 0 Å². The van der Waals surface area contributed by atoms with E-state index in [1.165, 1.54) is 0 Å². The number of pyridine rings is 1. The van der Waals surface area contributed by atoms with Gasteiger partial charge in [0.05, 0.1) is 5.56 Å². The first-order chi connectivity index (χ1) is 10.9. The Hall–Kier alpha value is -3.28. The van der Waals surface area contributed by atoms with Crippen molar-refractivity contribution in [3.05, 3.63) is 61.2 Å². The minimum absolute atomic E-state index is 0.457. The fourth-order valence-corrected chi connectivity index (χ4v) is 2.24. The van der Waals surface area contributed by atoms with E-state index in [0.717, 1.165) is 22.5 Å². The van der Waals surface area contributed by atoms with Gasteiger partial charge in [-0.1, -0.05) is 23.4 Å². The van der Waals surface area contributed by atoms with E-state index in [1.807, 2.05) is 36.4 Å². The van der Waals surface area contributed by atoms with E-state index in [0.29, 0.717) is 11.7 Å². The Labute approximate surface area is 125 Å². The number of hydrogen-bond donors (Lipinski definition) is 1. The Kier molecular flexibility index (Phi) is 2.97. The number of benzene rings is 1. The van der Waals surface area contributed by atoms with Gasteiger partial charge in [0.25, 0.3) is 5.89 Å². The molecule has 22 heavy (non-hydrogen) atoms. The van der Waals surface area contributed by atoms with Gasteiger partial charge in [-0.2, -0.15) is 4.98 Å². The summed E-state index contributed by atoms with van der Waals surface area (Å²) >= 11 is 0. The van der Waals surface area contributed by atoms with E-state index in [-0.39, 0.29) is 0 Å². The van der Waals surface area contributed by atoms with Gasteiger partial charge in [0, 0.05) is 35.9 Å². The van der Waals surface area contributed by atoms with Crippen LogP contribution in [0.25, 0.3) is 34.2 Å². The van der Waals surface area contributed by atoms with E-state index in [9.17, 15) is 0 Å². The van der Waals surface area contributed by atoms with Crippen molar-refractivity contribution in [1.29, 1.82) is 0 Å². The molecule has 3 aromatic heterocycles. The number of nitrogens with one attached hydrogen (secondary N) is 1. The summed E-state index contributed by atoms with van der Waals surface area (Å²) in [6, 6.07) is 11.5. The van der Waals surface area contributed by atoms with Gasteiger partial charge in [-0.3, -0.25) is 4.98 Å². The van der Waals surface area contributed by atoms with Gasteiger partial charge in [-0.25, -0.2) is 4.98 Å². The van der Waals surface area contributed by atoms with Crippen LogP contribution in [-0.4, -0.2) is 25.1 Å². The maximum atomic E-state index is 5.42. The molecule has 0 aliphatic carbocycles. The zero-order valence-electron chi connectivity index (χ0n) is 11.5. The lowest BCUT2D eigenvalue weighted by Crippen LogP contribution is -1.87. The monoisotopic (exact) mass is 289 g/mol. The second-order valence-corrected chi connectivity index (χ2v) is 4.64. The van der Waals surface area contributed by atoms with Gasteiger partial charge in [0.15, 0.2) is 0 Å². The summed E-state index contributed by atoms with van der Waals surface area (Å²) in [7, 11) is 0. The number of imidazole rings is 1. The SMILES string of the molecule is c1ccc(-c2nc(-c3ccncc3)no2)c(-c2ncc[nH]2)c1. The molecule has 0 amide bonds. The molecule has 3 heterocycles. The Balaban J connectivity index is 1.80. The third-order valence-electron chi connectivity index (χ3n) is 3.28. The molecule has 1 N–H and O–H groups in total. The molecule has 1 aromatic carbocycles. The fourth-order valence-electron chi connectivity index (χ4n) is 2.24. The van der Waals surface area contributed by atoms with Crippen LogP contribution in [0.1, 0.15) is 0 Å². The zero-order valence-corrected chi connectivity index (χ0v) is 11.5. The molecule has 0 aliphatic heterocycles. The summed E-state index contributed by atoms with van der Waals surface area (Å²) in [6.07, 6.45) is 6.88. The quantitative estimate of drug-likeness (QED) is 0.626. The minimum Gasteiger partial charge on any atom is -0.345 e. The lowest BCUT2D eigenvalue weighted by Gasteiger charge is -2.02. The van der Waals surface area contributed by atoms with E-state index in [2.05, 4.69) is 25.1 Å². The molecule has 0 atom stereocenters. The summed E-state index contributed by atoms with van der Waals surface area (Å²) in [5.74, 6) is 1.75. The molecular weight excluding hydrogens is 278 g/mol. The van der Waals surface area contributed by atoms with Gasteiger partial charge < -0.3 is 9.51 Å². The Bertz CT molecular complexity index is 884. The first-order valence-corrected chi connectivity index (χ1v) is 6.75. The smallest absolute Gasteiger partial charge is 0.258 e.